The van der Waals surface area contributed by atoms with Gasteiger partial charge in [0.1, 0.15) is 0 Å². The summed E-state index contributed by atoms with van der Waals surface area (Å²) >= 11 is 0. The van der Waals surface area contributed by atoms with Crippen molar-refractivity contribution < 1.29 is 4.79 Å². The summed E-state index contributed by atoms with van der Waals surface area (Å²) in [7, 11) is 0. The standard InChI is InChI=1S/C10H13N3O/c1-8-9(3-2-4-12-8)13-6-5-11-7-10(13)14/h2-4,11H,5-7H2,1H3. The van der Waals surface area contributed by atoms with Gasteiger partial charge in [-0.25, -0.2) is 0 Å². The summed E-state index contributed by atoms with van der Waals surface area (Å²) in [6, 6.07) is 3.79. The summed E-state index contributed by atoms with van der Waals surface area (Å²) in [5.74, 6) is 0.118. The van der Waals surface area contributed by atoms with Crippen molar-refractivity contribution in [1.82, 2.24) is 10.3 Å². The molecule has 1 fully saturated rings. The van der Waals surface area contributed by atoms with Crippen molar-refractivity contribution in [1.29, 1.82) is 0 Å². The van der Waals surface area contributed by atoms with Crippen LogP contribution in [0.2, 0.25) is 0 Å². The summed E-state index contributed by atoms with van der Waals surface area (Å²) in [4.78, 5) is 17.5. The van der Waals surface area contributed by atoms with E-state index in [2.05, 4.69) is 10.3 Å². The number of aromatic nitrogens is 1. The van der Waals surface area contributed by atoms with Crippen molar-refractivity contribution in [3.63, 3.8) is 0 Å². The van der Waals surface area contributed by atoms with Crippen molar-refractivity contribution >= 4 is 11.6 Å². The lowest BCUT2D eigenvalue weighted by molar-refractivity contribution is -0.118. The van der Waals surface area contributed by atoms with Crippen molar-refractivity contribution in [2.45, 2.75) is 6.92 Å². The van der Waals surface area contributed by atoms with Crippen molar-refractivity contribution in [3.8, 4) is 0 Å². The van der Waals surface area contributed by atoms with E-state index in [0.717, 1.165) is 24.5 Å². The molecule has 1 aromatic heterocycles. The number of rotatable bonds is 1. The van der Waals surface area contributed by atoms with Crippen LogP contribution in [0.5, 0.6) is 0 Å². The largest absolute Gasteiger partial charge is 0.308 e. The first kappa shape index (κ1) is 9.15. The van der Waals surface area contributed by atoms with Crippen molar-refractivity contribution in [2.24, 2.45) is 0 Å². The van der Waals surface area contributed by atoms with Crippen LogP contribution in [0.1, 0.15) is 5.69 Å². The van der Waals surface area contributed by atoms with Crippen molar-refractivity contribution in [3.05, 3.63) is 24.0 Å². The summed E-state index contributed by atoms with van der Waals surface area (Å²) < 4.78 is 0. The highest BCUT2D eigenvalue weighted by Gasteiger charge is 2.20. The molecule has 14 heavy (non-hydrogen) atoms. The van der Waals surface area contributed by atoms with Crippen LogP contribution in [-0.4, -0.2) is 30.5 Å². The molecule has 0 radical (unpaired) electrons. The number of aryl methyl sites for hydroxylation is 1. The van der Waals surface area contributed by atoms with E-state index in [1.165, 1.54) is 0 Å². The Kier molecular flexibility index (Phi) is 2.45. The van der Waals surface area contributed by atoms with Crippen LogP contribution in [0.25, 0.3) is 0 Å². The van der Waals surface area contributed by atoms with Crippen LogP contribution in [0.3, 0.4) is 0 Å². The molecule has 1 N–H and O–H groups in total. The molecule has 1 aromatic rings. The molecule has 2 heterocycles. The fourth-order valence-electron chi connectivity index (χ4n) is 1.62. The Morgan fingerprint density at radius 1 is 1.57 bits per heavy atom. The first-order valence-electron chi connectivity index (χ1n) is 4.72. The van der Waals surface area contributed by atoms with Gasteiger partial charge in [-0.1, -0.05) is 0 Å². The minimum atomic E-state index is 0.118. The van der Waals surface area contributed by atoms with Crippen LogP contribution in [0.4, 0.5) is 5.69 Å². The second kappa shape index (κ2) is 3.75. The van der Waals surface area contributed by atoms with Crippen LogP contribution >= 0.6 is 0 Å². The molecular weight excluding hydrogens is 178 g/mol. The van der Waals surface area contributed by atoms with E-state index >= 15 is 0 Å². The Bertz CT molecular complexity index is 351. The maximum absolute atomic E-state index is 11.6. The van der Waals surface area contributed by atoms with E-state index in [1.807, 2.05) is 19.1 Å². The molecule has 0 spiro atoms. The van der Waals surface area contributed by atoms with Gasteiger partial charge >= 0.3 is 0 Å². The van der Waals surface area contributed by atoms with Gasteiger partial charge in [-0.15, -0.1) is 0 Å². The Balaban J connectivity index is 2.29. The summed E-state index contributed by atoms with van der Waals surface area (Å²) in [5.41, 5.74) is 1.83. The molecule has 1 aliphatic rings. The molecule has 74 valence electrons. The number of nitrogens with one attached hydrogen (secondary N) is 1. The SMILES string of the molecule is Cc1ncccc1N1CCNCC1=O. The zero-order valence-corrected chi connectivity index (χ0v) is 8.16. The highest BCUT2D eigenvalue weighted by molar-refractivity contribution is 5.95. The van der Waals surface area contributed by atoms with Gasteiger partial charge in [0.15, 0.2) is 0 Å². The lowest BCUT2D eigenvalue weighted by Gasteiger charge is -2.28. The highest BCUT2D eigenvalue weighted by atomic mass is 16.2. The summed E-state index contributed by atoms with van der Waals surface area (Å²) in [6.45, 7) is 3.92. The molecule has 1 aliphatic heterocycles. The van der Waals surface area contributed by atoms with Gasteiger partial charge in [-0.05, 0) is 19.1 Å². The first-order valence-corrected chi connectivity index (χ1v) is 4.72. The van der Waals surface area contributed by atoms with E-state index < -0.39 is 0 Å². The van der Waals surface area contributed by atoms with Gasteiger partial charge in [-0.3, -0.25) is 9.78 Å². The third-order valence-corrected chi connectivity index (χ3v) is 2.36. The summed E-state index contributed by atoms with van der Waals surface area (Å²) in [6.07, 6.45) is 1.74. The quantitative estimate of drug-likeness (QED) is 0.695. The van der Waals surface area contributed by atoms with E-state index in [-0.39, 0.29) is 5.91 Å². The number of piperazine rings is 1. The smallest absolute Gasteiger partial charge is 0.241 e. The van der Waals surface area contributed by atoms with Crippen LogP contribution in [0, 0.1) is 6.92 Å². The highest BCUT2D eigenvalue weighted by Crippen LogP contribution is 2.17. The molecule has 0 bridgehead atoms. The molecule has 1 saturated heterocycles. The minimum absolute atomic E-state index is 0.118. The molecule has 0 aliphatic carbocycles. The van der Waals surface area contributed by atoms with Crippen LogP contribution < -0.4 is 10.2 Å². The van der Waals surface area contributed by atoms with Gasteiger partial charge in [0, 0.05) is 19.3 Å². The predicted octanol–water partition coefficient (Wildman–Crippen LogP) is 0.326. The Hall–Kier alpha value is -1.42. The van der Waals surface area contributed by atoms with E-state index in [1.54, 1.807) is 11.1 Å². The van der Waals surface area contributed by atoms with Crippen LogP contribution in [-0.2, 0) is 4.79 Å². The fraction of sp³-hybridized carbons (Fsp3) is 0.400. The van der Waals surface area contributed by atoms with Gasteiger partial charge in [0.2, 0.25) is 5.91 Å². The molecule has 0 saturated carbocycles. The molecule has 0 unspecified atom stereocenters. The Morgan fingerprint density at radius 2 is 2.43 bits per heavy atom. The monoisotopic (exact) mass is 191 g/mol. The number of carbonyl (C=O) groups excluding carboxylic acids is 1. The Labute approximate surface area is 82.9 Å². The van der Waals surface area contributed by atoms with E-state index in [9.17, 15) is 4.79 Å². The maximum atomic E-state index is 11.6. The number of nitrogens with zero attached hydrogens (tertiary/aromatic N) is 2. The predicted molar refractivity (Wildman–Crippen MR) is 54.2 cm³/mol. The number of hydrogen-bond acceptors (Lipinski definition) is 3. The lowest BCUT2D eigenvalue weighted by Crippen LogP contribution is -2.48. The topological polar surface area (TPSA) is 45.2 Å². The average Bonchev–Trinajstić information content (AvgIpc) is 2.20. The second-order valence-corrected chi connectivity index (χ2v) is 3.33. The average molecular weight is 191 g/mol. The Morgan fingerprint density at radius 3 is 3.14 bits per heavy atom. The zero-order valence-electron chi connectivity index (χ0n) is 8.16. The van der Waals surface area contributed by atoms with Gasteiger partial charge in [0.05, 0.1) is 17.9 Å². The number of pyridine rings is 1. The van der Waals surface area contributed by atoms with Gasteiger partial charge in [-0.2, -0.15) is 0 Å². The second-order valence-electron chi connectivity index (χ2n) is 3.33. The molecular formula is C10H13N3O. The van der Waals surface area contributed by atoms with Crippen molar-refractivity contribution in [2.75, 3.05) is 24.5 Å². The number of anilines is 1. The zero-order chi connectivity index (χ0) is 9.97. The van der Waals surface area contributed by atoms with Crippen LogP contribution in [0.15, 0.2) is 18.3 Å². The minimum Gasteiger partial charge on any atom is -0.308 e. The number of hydrogen-bond donors (Lipinski definition) is 1. The lowest BCUT2D eigenvalue weighted by atomic mass is 10.2. The molecule has 0 atom stereocenters. The molecule has 4 heteroatoms. The normalized spacial score (nSPS) is 17.2. The number of carbonyl (C=O) groups is 1. The first-order chi connectivity index (χ1) is 6.79. The molecule has 0 aromatic carbocycles. The van der Waals surface area contributed by atoms with E-state index in [0.29, 0.717) is 6.54 Å². The number of amides is 1. The molecule has 4 nitrogen and oxygen atoms in total. The molecule has 1 amide bonds. The van der Waals surface area contributed by atoms with Gasteiger partial charge < -0.3 is 10.2 Å². The fourth-order valence-corrected chi connectivity index (χ4v) is 1.62. The third-order valence-electron chi connectivity index (χ3n) is 2.36. The third kappa shape index (κ3) is 1.61. The summed E-state index contributed by atoms with van der Waals surface area (Å²) in [5, 5.41) is 3.04. The maximum Gasteiger partial charge on any atom is 0.241 e. The molecule has 2 rings (SSSR count). The van der Waals surface area contributed by atoms with Gasteiger partial charge in [0.25, 0.3) is 0 Å². The van der Waals surface area contributed by atoms with E-state index in [4.69, 9.17) is 0 Å².